The molecule has 3 aromatic carbocycles. The average Bonchev–Trinajstić information content (AvgIpc) is 2.79. The highest BCUT2D eigenvalue weighted by atomic mass is 35.5. The Hall–Kier alpha value is -3.14. The molecule has 1 amide bonds. The topological polar surface area (TPSA) is 103 Å². The van der Waals surface area contributed by atoms with Gasteiger partial charge in [0.1, 0.15) is 19.0 Å². The molecule has 0 atom stereocenters. The summed E-state index contributed by atoms with van der Waals surface area (Å²) in [6, 6.07) is 15.2. The van der Waals surface area contributed by atoms with Crippen molar-refractivity contribution in [3.63, 3.8) is 0 Å². The summed E-state index contributed by atoms with van der Waals surface area (Å²) in [5.41, 5.74) is 0.875. The summed E-state index contributed by atoms with van der Waals surface area (Å²) in [7, 11) is -3.88. The molecule has 33 heavy (non-hydrogen) atoms. The molecule has 1 aliphatic rings. The maximum Gasteiger partial charge on any atom is 0.262 e. The molecule has 0 spiro atoms. The number of rotatable bonds is 7. The molecular formula is C22H18Cl2N2O6S. The summed E-state index contributed by atoms with van der Waals surface area (Å²) in [5, 5.41) is 3.22. The standard InChI is InChI=1S/C22H18Cl2N2O6S/c23-14-1-3-15(4-2-14)26-33(28,29)17-6-8-19(18(24)12-17)32-13-22(27)25-16-5-7-20-21(11-16)31-10-9-30-20/h1-8,11-12,26H,9-10,13H2,(H,25,27). The van der Waals surface area contributed by atoms with Crippen LogP contribution in [0.25, 0.3) is 0 Å². The predicted octanol–water partition coefficient (Wildman–Crippen LogP) is 4.58. The van der Waals surface area contributed by atoms with E-state index in [0.717, 1.165) is 0 Å². The lowest BCUT2D eigenvalue weighted by Gasteiger charge is -2.19. The van der Waals surface area contributed by atoms with Gasteiger partial charge in [-0.15, -0.1) is 0 Å². The Kier molecular flexibility index (Phi) is 6.83. The molecule has 2 N–H and O–H groups in total. The van der Waals surface area contributed by atoms with E-state index in [1.54, 1.807) is 42.5 Å². The molecule has 0 unspecified atom stereocenters. The monoisotopic (exact) mass is 508 g/mol. The van der Waals surface area contributed by atoms with Gasteiger partial charge in [0.2, 0.25) is 0 Å². The highest BCUT2D eigenvalue weighted by molar-refractivity contribution is 7.92. The number of fused-ring (bicyclic) bond motifs is 1. The Balaban J connectivity index is 1.37. The van der Waals surface area contributed by atoms with Crippen LogP contribution in [0.5, 0.6) is 17.2 Å². The lowest BCUT2D eigenvalue weighted by atomic mass is 10.2. The van der Waals surface area contributed by atoms with Gasteiger partial charge in [-0.1, -0.05) is 23.2 Å². The first-order chi connectivity index (χ1) is 15.8. The van der Waals surface area contributed by atoms with Crippen LogP contribution in [0.15, 0.2) is 65.6 Å². The minimum absolute atomic E-state index is 0.0427. The third-order valence-electron chi connectivity index (χ3n) is 4.49. The number of halogens is 2. The number of hydrogen-bond acceptors (Lipinski definition) is 6. The quantitative estimate of drug-likeness (QED) is 0.484. The van der Waals surface area contributed by atoms with Gasteiger partial charge in [0, 0.05) is 22.5 Å². The first-order valence-electron chi connectivity index (χ1n) is 9.70. The molecule has 0 bridgehead atoms. The Bertz CT molecular complexity index is 1280. The van der Waals surface area contributed by atoms with Gasteiger partial charge in [0.15, 0.2) is 18.1 Å². The van der Waals surface area contributed by atoms with E-state index < -0.39 is 15.9 Å². The van der Waals surface area contributed by atoms with Crippen LogP contribution in [0.1, 0.15) is 0 Å². The summed E-state index contributed by atoms with van der Waals surface area (Å²) >= 11 is 12.0. The number of carbonyl (C=O) groups excluding carboxylic acids is 1. The third kappa shape index (κ3) is 5.81. The first kappa shape index (κ1) is 23.0. The van der Waals surface area contributed by atoms with Crippen LogP contribution in [0, 0.1) is 0 Å². The van der Waals surface area contributed by atoms with E-state index in [-0.39, 0.29) is 22.3 Å². The molecule has 0 aliphatic carbocycles. The fourth-order valence-electron chi connectivity index (χ4n) is 2.96. The number of sulfonamides is 1. The Morgan fingerprint density at radius 3 is 2.33 bits per heavy atom. The zero-order chi connectivity index (χ0) is 23.4. The number of ether oxygens (including phenoxy) is 3. The lowest BCUT2D eigenvalue weighted by molar-refractivity contribution is -0.118. The van der Waals surface area contributed by atoms with Crippen molar-refractivity contribution in [1.29, 1.82) is 0 Å². The van der Waals surface area contributed by atoms with Crippen molar-refractivity contribution < 1.29 is 27.4 Å². The summed E-state index contributed by atoms with van der Waals surface area (Å²) in [5.74, 6) is 0.901. The van der Waals surface area contributed by atoms with Gasteiger partial charge >= 0.3 is 0 Å². The third-order valence-corrected chi connectivity index (χ3v) is 6.42. The number of anilines is 2. The SMILES string of the molecule is O=C(COc1ccc(S(=O)(=O)Nc2ccc(Cl)cc2)cc1Cl)Nc1ccc2c(c1)OCCO2. The molecule has 0 fully saturated rings. The smallest absolute Gasteiger partial charge is 0.262 e. The molecule has 0 saturated heterocycles. The summed E-state index contributed by atoms with van der Waals surface area (Å²) in [4.78, 5) is 12.2. The molecule has 0 radical (unpaired) electrons. The van der Waals surface area contributed by atoms with E-state index in [9.17, 15) is 13.2 Å². The lowest BCUT2D eigenvalue weighted by Crippen LogP contribution is -2.21. The molecule has 1 heterocycles. The molecule has 3 aromatic rings. The van der Waals surface area contributed by atoms with E-state index in [0.29, 0.717) is 41.1 Å². The number of nitrogens with one attached hydrogen (secondary N) is 2. The predicted molar refractivity (Wildman–Crippen MR) is 125 cm³/mol. The van der Waals surface area contributed by atoms with E-state index in [1.807, 2.05) is 0 Å². The van der Waals surface area contributed by atoms with E-state index in [2.05, 4.69) is 10.0 Å². The second-order valence-electron chi connectivity index (χ2n) is 6.90. The molecule has 1 aliphatic heterocycles. The summed E-state index contributed by atoms with van der Waals surface area (Å²) in [6.45, 7) is 0.584. The van der Waals surface area contributed by atoms with Gasteiger partial charge in [-0.25, -0.2) is 8.42 Å². The van der Waals surface area contributed by atoms with Gasteiger partial charge in [0.05, 0.1) is 9.92 Å². The van der Waals surface area contributed by atoms with Crippen molar-refractivity contribution in [3.05, 3.63) is 70.7 Å². The summed E-state index contributed by atoms with van der Waals surface area (Å²) < 4.78 is 44.0. The molecule has 8 nitrogen and oxygen atoms in total. The zero-order valence-corrected chi connectivity index (χ0v) is 19.3. The number of amides is 1. The Morgan fingerprint density at radius 2 is 1.61 bits per heavy atom. The van der Waals surface area contributed by atoms with E-state index in [1.165, 1.54) is 18.2 Å². The van der Waals surface area contributed by atoms with Gasteiger partial charge in [-0.3, -0.25) is 9.52 Å². The first-order valence-corrected chi connectivity index (χ1v) is 11.9. The fourth-order valence-corrected chi connectivity index (χ4v) is 4.47. The highest BCUT2D eigenvalue weighted by Crippen LogP contribution is 2.33. The maximum atomic E-state index is 12.6. The minimum atomic E-state index is -3.88. The number of carbonyl (C=O) groups is 1. The molecule has 0 aromatic heterocycles. The largest absolute Gasteiger partial charge is 0.486 e. The molecule has 0 saturated carbocycles. The molecule has 4 rings (SSSR count). The second-order valence-corrected chi connectivity index (χ2v) is 9.43. The summed E-state index contributed by atoms with van der Waals surface area (Å²) in [6.07, 6.45) is 0. The van der Waals surface area contributed by atoms with Crippen LogP contribution in [0.2, 0.25) is 10.0 Å². The second kappa shape index (κ2) is 9.78. The van der Waals surface area contributed by atoms with Crippen LogP contribution in [0.4, 0.5) is 11.4 Å². The van der Waals surface area contributed by atoms with E-state index in [4.69, 9.17) is 37.4 Å². The van der Waals surface area contributed by atoms with Crippen molar-refractivity contribution in [3.8, 4) is 17.2 Å². The van der Waals surface area contributed by atoms with Crippen molar-refractivity contribution in [2.24, 2.45) is 0 Å². The van der Waals surface area contributed by atoms with Gasteiger partial charge in [-0.05, 0) is 54.6 Å². The van der Waals surface area contributed by atoms with Gasteiger partial charge in [0.25, 0.3) is 15.9 Å². The highest BCUT2D eigenvalue weighted by Gasteiger charge is 2.17. The molecular weight excluding hydrogens is 491 g/mol. The van der Waals surface area contributed by atoms with Gasteiger partial charge < -0.3 is 19.5 Å². The fraction of sp³-hybridized carbons (Fsp3) is 0.136. The zero-order valence-electron chi connectivity index (χ0n) is 17.0. The molecule has 11 heteroatoms. The van der Waals surface area contributed by atoms with Crippen LogP contribution in [-0.4, -0.2) is 34.1 Å². The van der Waals surface area contributed by atoms with Crippen LogP contribution in [0.3, 0.4) is 0 Å². The number of hydrogen-bond donors (Lipinski definition) is 2. The van der Waals surface area contributed by atoms with Crippen LogP contribution >= 0.6 is 23.2 Å². The van der Waals surface area contributed by atoms with Crippen LogP contribution < -0.4 is 24.2 Å². The molecule has 172 valence electrons. The van der Waals surface area contributed by atoms with Gasteiger partial charge in [-0.2, -0.15) is 0 Å². The maximum absolute atomic E-state index is 12.6. The Morgan fingerprint density at radius 1 is 0.909 bits per heavy atom. The average molecular weight is 509 g/mol. The van der Waals surface area contributed by atoms with Crippen LogP contribution in [-0.2, 0) is 14.8 Å². The minimum Gasteiger partial charge on any atom is -0.486 e. The Labute approximate surface area is 200 Å². The normalized spacial score (nSPS) is 12.7. The van der Waals surface area contributed by atoms with Crippen molar-refractivity contribution >= 4 is 50.5 Å². The van der Waals surface area contributed by atoms with Crippen molar-refractivity contribution in [1.82, 2.24) is 0 Å². The van der Waals surface area contributed by atoms with Crippen molar-refractivity contribution in [2.75, 3.05) is 29.9 Å². The number of benzene rings is 3. The van der Waals surface area contributed by atoms with Crippen molar-refractivity contribution in [2.45, 2.75) is 4.90 Å². The van der Waals surface area contributed by atoms with E-state index >= 15 is 0 Å².